The number of hydrogen-bond donors (Lipinski definition) is 1. The molecule has 0 radical (unpaired) electrons. The zero-order chi connectivity index (χ0) is 12.4. The third kappa shape index (κ3) is 2.51. The minimum Gasteiger partial charge on any atom is -0.326 e. The zero-order valence-electron chi connectivity index (χ0n) is 9.97. The van der Waals surface area contributed by atoms with Gasteiger partial charge in [0, 0.05) is 12.2 Å². The molecule has 2 aromatic rings. The summed E-state index contributed by atoms with van der Waals surface area (Å²) in [6.45, 7) is 4.06. The summed E-state index contributed by atoms with van der Waals surface area (Å²) in [5, 5.41) is 4.89. The molecule has 0 aliphatic heterocycles. The number of nitrogens with zero attached hydrogens (tertiary/aromatic N) is 2. The third-order valence-electron chi connectivity index (χ3n) is 2.86. The van der Waals surface area contributed by atoms with E-state index in [1.54, 1.807) is 6.20 Å². The summed E-state index contributed by atoms with van der Waals surface area (Å²) < 4.78 is 1.83. The summed E-state index contributed by atoms with van der Waals surface area (Å²) in [5.41, 5.74) is 8.47. The third-order valence-corrected chi connectivity index (χ3v) is 3.06. The summed E-state index contributed by atoms with van der Waals surface area (Å²) in [4.78, 5) is 0. The van der Waals surface area contributed by atoms with Crippen LogP contribution in [0.3, 0.4) is 0 Å². The van der Waals surface area contributed by atoms with Crippen molar-refractivity contribution < 1.29 is 0 Å². The van der Waals surface area contributed by atoms with Crippen molar-refractivity contribution in [2.24, 2.45) is 5.73 Å². The van der Waals surface area contributed by atoms with Crippen molar-refractivity contribution >= 4 is 11.6 Å². The van der Waals surface area contributed by atoms with Gasteiger partial charge < -0.3 is 5.73 Å². The van der Waals surface area contributed by atoms with Crippen molar-refractivity contribution in [3.8, 4) is 0 Å². The van der Waals surface area contributed by atoms with Crippen molar-refractivity contribution in [1.82, 2.24) is 9.78 Å². The first-order valence-electron chi connectivity index (χ1n) is 5.60. The van der Waals surface area contributed by atoms with Crippen molar-refractivity contribution in [1.29, 1.82) is 0 Å². The van der Waals surface area contributed by atoms with Crippen LogP contribution in [0.15, 0.2) is 36.7 Å². The molecule has 2 rings (SSSR count). The second-order valence-electron chi connectivity index (χ2n) is 4.30. The fourth-order valence-corrected chi connectivity index (χ4v) is 2.20. The summed E-state index contributed by atoms with van der Waals surface area (Å²) >= 11 is 5.91. The van der Waals surface area contributed by atoms with Crippen LogP contribution in [0.5, 0.6) is 0 Å². The van der Waals surface area contributed by atoms with E-state index in [9.17, 15) is 0 Å². The van der Waals surface area contributed by atoms with Gasteiger partial charge in [0.1, 0.15) is 0 Å². The molecule has 4 heteroatoms. The van der Waals surface area contributed by atoms with E-state index in [0.29, 0.717) is 5.02 Å². The molecule has 0 aliphatic carbocycles. The molecule has 2 unspecified atom stereocenters. The topological polar surface area (TPSA) is 43.8 Å². The van der Waals surface area contributed by atoms with E-state index in [4.69, 9.17) is 17.3 Å². The highest BCUT2D eigenvalue weighted by molar-refractivity contribution is 6.30. The lowest BCUT2D eigenvalue weighted by Gasteiger charge is -2.23. The smallest absolute Gasteiger partial charge is 0.0919 e. The Morgan fingerprint density at radius 3 is 2.59 bits per heavy atom. The first-order valence-corrected chi connectivity index (χ1v) is 5.98. The Labute approximate surface area is 106 Å². The molecule has 0 fully saturated rings. The molecule has 1 aromatic carbocycles. The number of hydrogen-bond acceptors (Lipinski definition) is 2. The number of benzene rings is 1. The van der Waals surface area contributed by atoms with Gasteiger partial charge in [0.05, 0.1) is 17.3 Å². The van der Waals surface area contributed by atoms with Crippen LogP contribution >= 0.6 is 11.6 Å². The van der Waals surface area contributed by atoms with Crippen LogP contribution in [0.2, 0.25) is 5.02 Å². The SMILES string of the molecule is Cc1ccccc1C(C(C)N)n1cc(Cl)cn1. The highest BCUT2D eigenvalue weighted by Crippen LogP contribution is 2.24. The predicted molar refractivity (Wildman–Crippen MR) is 70.2 cm³/mol. The minimum atomic E-state index is -0.0351. The average molecular weight is 250 g/mol. The maximum atomic E-state index is 6.07. The van der Waals surface area contributed by atoms with Gasteiger partial charge in [-0.1, -0.05) is 35.9 Å². The number of nitrogens with two attached hydrogens (primary N) is 1. The molecule has 0 saturated heterocycles. The average Bonchev–Trinajstić information content (AvgIpc) is 2.68. The lowest BCUT2D eigenvalue weighted by atomic mass is 9.97. The number of halogens is 1. The van der Waals surface area contributed by atoms with Crippen LogP contribution in [0.25, 0.3) is 0 Å². The summed E-state index contributed by atoms with van der Waals surface area (Å²) in [5.74, 6) is 0. The van der Waals surface area contributed by atoms with Crippen LogP contribution in [-0.2, 0) is 0 Å². The lowest BCUT2D eigenvalue weighted by molar-refractivity contribution is 0.452. The molecule has 3 nitrogen and oxygen atoms in total. The summed E-state index contributed by atoms with van der Waals surface area (Å²) in [6.07, 6.45) is 3.44. The normalized spacial score (nSPS) is 14.6. The Morgan fingerprint density at radius 2 is 2.06 bits per heavy atom. The molecule has 1 heterocycles. The van der Waals surface area contributed by atoms with Gasteiger partial charge >= 0.3 is 0 Å². The van der Waals surface area contributed by atoms with Gasteiger partial charge in [-0.25, -0.2) is 0 Å². The van der Waals surface area contributed by atoms with E-state index in [0.717, 1.165) is 0 Å². The Balaban J connectivity index is 2.47. The molecule has 0 bridgehead atoms. The molecular formula is C13H16ClN3. The first kappa shape index (κ1) is 12.1. The van der Waals surface area contributed by atoms with Crippen molar-refractivity contribution in [2.75, 3.05) is 0 Å². The van der Waals surface area contributed by atoms with Gasteiger partial charge in [-0.05, 0) is 25.0 Å². The molecule has 1 aromatic heterocycles. The standard InChI is InChI=1S/C13H16ClN3/c1-9-5-3-4-6-12(9)13(10(2)15)17-8-11(14)7-16-17/h3-8,10,13H,15H2,1-2H3. The van der Waals surface area contributed by atoms with Gasteiger partial charge in [0.25, 0.3) is 0 Å². The van der Waals surface area contributed by atoms with Crippen LogP contribution < -0.4 is 5.73 Å². The van der Waals surface area contributed by atoms with Crippen molar-refractivity contribution in [3.05, 3.63) is 52.8 Å². The van der Waals surface area contributed by atoms with Gasteiger partial charge in [0.2, 0.25) is 0 Å². The molecule has 0 amide bonds. The molecule has 2 N–H and O–H groups in total. The highest BCUT2D eigenvalue weighted by Gasteiger charge is 2.20. The highest BCUT2D eigenvalue weighted by atomic mass is 35.5. The van der Waals surface area contributed by atoms with E-state index in [1.165, 1.54) is 11.1 Å². The van der Waals surface area contributed by atoms with E-state index in [1.807, 2.05) is 29.9 Å². The van der Waals surface area contributed by atoms with Crippen molar-refractivity contribution in [2.45, 2.75) is 25.9 Å². The van der Waals surface area contributed by atoms with Gasteiger partial charge in [-0.15, -0.1) is 0 Å². The Bertz CT molecular complexity index is 505. The molecule has 2 atom stereocenters. The van der Waals surface area contributed by atoms with Gasteiger partial charge in [-0.2, -0.15) is 5.10 Å². The zero-order valence-corrected chi connectivity index (χ0v) is 10.7. The number of rotatable bonds is 3. The molecule has 17 heavy (non-hydrogen) atoms. The Morgan fingerprint density at radius 1 is 1.35 bits per heavy atom. The van der Waals surface area contributed by atoms with E-state index < -0.39 is 0 Å². The van der Waals surface area contributed by atoms with Gasteiger partial charge in [-0.3, -0.25) is 4.68 Å². The molecule has 0 spiro atoms. The summed E-state index contributed by atoms with van der Waals surface area (Å²) in [6, 6.07) is 8.18. The second-order valence-corrected chi connectivity index (χ2v) is 4.74. The maximum Gasteiger partial charge on any atom is 0.0919 e. The van der Waals surface area contributed by atoms with E-state index in [2.05, 4.69) is 24.2 Å². The number of aryl methyl sites for hydroxylation is 1. The Hall–Kier alpha value is -1.32. The quantitative estimate of drug-likeness (QED) is 0.909. The fourth-order valence-electron chi connectivity index (χ4n) is 2.05. The number of aromatic nitrogens is 2. The van der Waals surface area contributed by atoms with Crippen LogP contribution in [0.4, 0.5) is 0 Å². The van der Waals surface area contributed by atoms with Crippen LogP contribution in [0.1, 0.15) is 24.1 Å². The predicted octanol–water partition coefficient (Wildman–Crippen LogP) is 2.78. The first-order chi connectivity index (χ1) is 8.09. The van der Waals surface area contributed by atoms with E-state index >= 15 is 0 Å². The minimum absolute atomic E-state index is 0.0173. The summed E-state index contributed by atoms with van der Waals surface area (Å²) in [7, 11) is 0. The molecule has 0 saturated carbocycles. The largest absolute Gasteiger partial charge is 0.326 e. The molecule has 90 valence electrons. The van der Waals surface area contributed by atoms with E-state index in [-0.39, 0.29) is 12.1 Å². The van der Waals surface area contributed by atoms with Crippen LogP contribution in [0, 0.1) is 6.92 Å². The van der Waals surface area contributed by atoms with Crippen molar-refractivity contribution in [3.63, 3.8) is 0 Å². The molecule has 0 aliphatic rings. The monoisotopic (exact) mass is 249 g/mol. The lowest BCUT2D eigenvalue weighted by Crippen LogP contribution is -2.31. The Kier molecular flexibility index (Phi) is 3.50. The fraction of sp³-hybridized carbons (Fsp3) is 0.308. The second kappa shape index (κ2) is 4.90. The van der Waals surface area contributed by atoms with Gasteiger partial charge in [0.15, 0.2) is 0 Å². The molecular weight excluding hydrogens is 234 g/mol. The van der Waals surface area contributed by atoms with Crippen LogP contribution in [-0.4, -0.2) is 15.8 Å². The maximum absolute atomic E-state index is 6.07.